The van der Waals surface area contributed by atoms with Gasteiger partial charge in [-0.15, -0.1) is 0 Å². The number of methoxy groups -OCH3 is 1. The molecule has 0 aliphatic heterocycles. The number of hydrogen-bond donors (Lipinski definition) is 0. The predicted molar refractivity (Wildman–Crippen MR) is 66.6 cm³/mol. The molecule has 0 spiro atoms. The fourth-order valence-corrected chi connectivity index (χ4v) is 1.81. The number of ether oxygens (including phenoxy) is 1. The Labute approximate surface area is 106 Å². The van der Waals surface area contributed by atoms with E-state index in [0.717, 1.165) is 5.56 Å². The van der Waals surface area contributed by atoms with E-state index >= 15 is 0 Å². The van der Waals surface area contributed by atoms with E-state index in [0.29, 0.717) is 18.1 Å². The molecule has 0 fully saturated rings. The molecule has 4 heteroatoms. The van der Waals surface area contributed by atoms with Gasteiger partial charge in [0.25, 0.3) is 0 Å². The Hall–Kier alpha value is -2.10. The van der Waals surface area contributed by atoms with Gasteiger partial charge >= 0.3 is 5.97 Å². The van der Waals surface area contributed by atoms with Gasteiger partial charge in [-0.05, 0) is 19.4 Å². The zero-order chi connectivity index (χ0) is 13.1. The van der Waals surface area contributed by atoms with Gasteiger partial charge in [-0.25, -0.2) is 9.78 Å². The van der Waals surface area contributed by atoms with Crippen LogP contribution in [0.15, 0.2) is 28.7 Å². The van der Waals surface area contributed by atoms with Crippen LogP contribution in [0.5, 0.6) is 0 Å². The minimum absolute atomic E-state index is 0.250. The van der Waals surface area contributed by atoms with Crippen molar-refractivity contribution in [2.75, 3.05) is 7.11 Å². The zero-order valence-corrected chi connectivity index (χ0v) is 10.7. The number of hydrogen-bond acceptors (Lipinski definition) is 4. The van der Waals surface area contributed by atoms with Crippen LogP contribution in [0.4, 0.5) is 0 Å². The molecule has 0 saturated carbocycles. The van der Waals surface area contributed by atoms with Crippen LogP contribution in [-0.2, 0) is 11.2 Å². The Morgan fingerprint density at radius 1 is 1.39 bits per heavy atom. The van der Waals surface area contributed by atoms with E-state index in [2.05, 4.69) is 15.8 Å². The molecular weight excluding hydrogens is 230 g/mol. The molecule has 1 heterocycles. The molecule has 1 aromatic heterocycles. The maximum atomic E-state index is 11.4. The molecule has 0 saturated heterocycles. The van der Waals surface area contributed by atoms with E-state index in [1.165, 1.54) is 12.7 Å². The Bertz CT molecular complexity index is 572. The van der Waals surface area contributed by atoms with E-state index < -0.39 is 5.97 Å². The van der Waals surface area contributed by atoms with Crippen LogP contribution in [-0.4, -0.2) is 18.1 Å². The van der Waals surface area contributed by atoms with Gasteiger partial charge in [-0.2, -0.15) is 0 Å². The van der Waals surface area contributed by atoms with Gasteiger partial charge in [0.2, 0.25) is 0 Å². The summed E-state index contributed by atoms with van der Waals surface area (Å²) in [6.07, 6.45) is 0.569. The van der Waals surface area contributed by atoms with Crippen molar-refractivity contribution in [2.24, 2.45) is 0 Å². The van der Waals surface area contributed by atoms with Crippen molar-refractivity contribution in [1.82, 2.24) is 4.98 Å². The number of benzene rings is 1. The average molecular weight is 245 g/mol. The summed E-state index contributed by atoms with van der Waals surface area (Å²) in [6, 6.07) is 8.09. The summed E-state index contributed by atoms with van der Waals surface area (Å²) in [5.41, 5.74) is 2.54. The van der Waals surface area contributed by atoms with E-state index in [4.69, 9.17) is 4.42 Å². The van der Waals surface area contributed by atoms with Crippen molar-refractivity contribution in [3.8, 4) is 0 Å². The summed E-state index contributed by atoms with van der Waals surface area (Å²) in [7, 11) is 1.33. The summed E-state index contributed by atoms with van der Waals surface area (Å²) in [6.45, 7) is 3.74. The third-order valence-corrected chi connectivity index (χ3v) is 2.66. The molecule has 0 N–H and O–H groups in total. The van der Waals surface area contributed by atoms with Crippen molar-refractivity contribution in [3.63, 3.8) is 0 Å². The second-order valence-electron chi connectivity index (χ2n) is 4.17. The number of oxazole rings is 1. The number of esters is 1. The van der Waals surface area contributed by atoms with Crippen LogP contribution >= 0.6 is 0 Å². The third kappa shape index (κ3) is 2.59. The van der Waals surface area contributed by atoms with Gasteiger partial charge in [0, 0.05) is 6.42 Å². The highest BCUT2D eigenvalue weighted by atomic mass is 16.5. The summed E-state index contributed by atoms with van der Waals surface area (Å²) in [5, 5.41) is 0. The standard InChI is InChI=1S/C14H15NO3/c1-9-5-4-6-11(7-9)8-12-15-13(10(2)18-12)14(16)17-3/h4-7H,8H2,1-3H3. The molecule has 94 valence electrons. The number of carbonyl (C=O) groups excluding carboxylic acids is 1. The zero-order valence-electron chi connectivity index (χ0n) is 10.7. The fraction of sp³-hybridized carbons (Fsp3) is 0.286. The summed E-state index contributed by atoms with van der Waals surface area (Å²) >= 11 is 0. The molecule has 0 amide bonds. The first-order valence-electron chi connectivity index (χ1n) is 5.70. The first-order valence-corrected chi connectivity index (χ1v) is 5.70. The molecule has 2 aromatic rings. The maximum Gasteiger partial charge on any atom is 0.360 e. The summed E-state index contributed by atoms with van der Waals surface area (Å²) in [5.74, 6) is 0.551. The monoisotopic (exact) mass is 245 g/mol. The van der Waals surface area contributed by atoms with E-state index in [-0.39, 0.29) is 5.69 Å². The first kappa shape index (κ1) is 12.4. The summed E-state index contributed by atoms with van der Waals surface area (Å²) in [4.78, 5) is 15.6. The van der Waals surface area contributed by atoms with Crippen LogP contribution in [0.25, 0.3) is 0 Å². The van der Waals surface area contributed by atoms with Crippen molar-refractivity contribution in [2.45, 2.75) is 20.3 Å². The van der Waals surface area contributed by atoms with Gasteiger partial charge in [0.15, 0.2) is 11.6 Å². The minimum Gasteiger partial charge on any atom is -0.464 e. The molecule has 1 aromatic carbocycles. The Morgan fingerprint density at radius 3 is 2.83 bits per heavy atom. The molecule has 4 nitrogen and oxygen atoms in total. The number of aryl methyl sites for hydroxylation is 2. The predicted octanol–water partition coefficient (Wildman–Crippen LogP) is 2.67. The fourth-order valence-electron chi connectivity index (χ4n) is 1.81. The lowest BCUT2D eigenvalue weighted by atomic mass is 10.1. The molecule has 0 unspecified atom stereocenters. The van der Waals surface area contributed by atoms with Gasteiger partial charge in [0.1, 0.15) is 5.76 Å². The van der Waals surface area contributed by atoms with Crippen molar-refractivity contribution >= 4 is 5.97 Å². The van der Waals surface area contributed by atoms with Crippen LogP contribution in [0.3, 0.4) is 0 Å². The van der Waals surface area contributed by atoms with Crippen LogP contribution in [0.2, 0.25) is 0 Å². The van der Waals surface area contributed by atoms with Gasteiger partial charge in [-0.3, -0.25) is 0 Å². The van der Waals surface area contributed by atoms with Crippen molar-refractivity contribution < 1.29 is 13.9 Å². The molecular formula is C14H15NO3. The number of nitrogens with zero attached hydrogens (tertiary/aromatic N) is 1. The third-order valence-electron chi connectivity index (χ3n) is 2.66. The van der Waals surface area contributed by atoms with E-state index in [1.54, 1.807) is 6.92 Å². The molecule has 0 radical (unpaired) electrons. The topological polar surface area (TPSA) is 52.3 Å². The first-order chi connectivity index (χ1) is 8.60. The van der Waals surface area contributed by atoms with Gasteiger partial charge < -0.3 is 9.15 Å². The smallest absolute Gasteiger partial charge is 0.360 e. The lowest BCUT2D eigenvalue weighted by Crippen LogP contribution is -2.03. The average Bonchev–Trinajstić information content (AvgIpc) is 2.69. The van der Waals surface area contributed by atoms with Crippen LogP contribution in [0.1, 0.15) is 33.3 Å². The second-order valence-corrected chi connectivity index (χ2v) is 4.17. The molecule has 18 heavy (non-hydrogen) atoms. The second kappa shape index (κ2) is 5.04. The molecule has 0 aliphatic carbocycles. The van der Waals surface area contributed by atoms with Crippen molar-refractivity contribution in [3.05, 3.63) is 52.7 Å². The summed E-state index contributed by atoms with van der Waals surface area (Å²) < 4.78 is 10.1. The maximum absolute atomic E-state index is 11.4. The van der Waals surface area contributed by atoms with E-state index in [1.807, 2.05) is 25.1 Å². The van der Waals surface area contributed by atoms with Crippen molar-refractivity contribution in [1.29, 1.82) is 0 Å². The number of carbonyl (C=O) groups is 1. The van der Waals surface area contributed by atoms with Gasteiger partial charge in [0.05, 0.1) is 7.11 Å². The Kier molecular flexibility index (Phi) is 3.46. The SMILES string of the molecule is COC(=O)c1nc(Cc2cccc(C)c2)oc1C. The lowest BCUT2D eigenvalue weighted by molar-refractivity contribution is 0.0593. The normalized spacial score (nSPS) is 10.4. The number of rotatable bonds is 3. The van der Waals surface area contributed by atoms with Gasteiger partial charge in [-0.1, -0.05) is 29.8 Å². The highest BCUT2D eigenvalue weighted by Gasteiger charge is 2.17. The number of aromatic nitrogens is 1. The minimum atomic E-state index is -0.466. The molecule has 0 aliphatic rings. The highest BCUT2D eigenvalue weighted by Crippen LogP contribution is 2.15. The molecule has 0 bridgehead atoms. The van der Waals surface area contributed by atoms with Crippen LogP contribution in [0, 0.1) is 13.8 Å². The Balaban J connectivity index is 2.23. The quantitative estimate of drug-likeness (QED) is 0.780. The molecule has 0 atom stereocenters. The molecule has 2 rings (SSSR count). The highest BCUT2D eigenvalue weighted by molar-refractivity contribution is 5.88. The Morgan fingerprint density at radius 2 is 2.17 bits per heavy atom. The van der Waals surface area contributed by atoms with Crippen LogP contribution < -0.4 is 0 Å². The largest absolute Gasteiger partial charge is 0.464 e. The lowest BCUT2D eigenvalue weighted by Gasteiger charge is -1.98. The van der Waals surface area contributed by atoms with E-state index in [9.17, 15) is 4.79 Å².